The third-order valence-electron chi connectivity index (χ3n) is 6.88. The molecule has 0 spiro atoms. The molecule has 8 heteroatoms. The van der Waals surface area contributed by atoms with E-state index in [0.29, 0.717) is 19.3 Å². The topological polar surface area (TPSA) is 66.5 Å². The summed E-state index contributed by atoms with van der Waals surface area (Å²) in [7, 11) is -4.42. The number of nitrogens with one attached hydrogen (secondary N) is 1. The maximum atomic E-state index is 14.5. The first kappa shape index (κ1) is 26.9. The van der Waals surface area contributed by atoms with E-state index < -0.39 is 26.6 Å². The SMILES string of the molecule is Cc1ccc(CC(=O)NC2CCC(CN(Cc3ccccc3)S(=O)(=O)c3c(F)cccc3F)CC2)cc1. The van der Waals surface area contributed by atoms with Crippen molar-refractivity contribution in [3.8, 4) is 0 Å². The van der Waals surface area contributed by atoms with Crippen molar-refractivity contribution in [2.45, 2.75) is 56.5 Å². The van der Waals surface area contributed by atoms with Gasteiger partial charge in [-0.2, -0.15) is 4.31 Å². The Balaban J connectivity index is 1.41. The van der Waals surface area contributed by atoms with Crippen LogP contribution in [0, 0.1) is 24.5 Å². The minimum absolute atomic E-state index is 0.0126. The van der Waals surface area contributed by atoms with Crippen molar-refractivity contribution in [2.24, 2.45) is 5.92 Å². The number of carbonyl (C=O) groups excluding carboxylic acids is 1. The molecule has 4 rings (SSSR count). The molecule has 1 aliphatic carbocycles. The van der Waals surface area contributed by atoms with Crippen LogP contribution < -0.4 is 5.32 Å². The number of benzene rings is 3. The van der Waals surface area contributed by atoms with Crippen molar-refractivity contribution >= 4 is 15.9 Å². The van der Waals surface area contributed by atoms with Gasteiger partial charge in [0.15, 0.2) is 4.90 Å². The van der Waals surface area contributed by atoms with Crippen LogP contribution in [0.4, 0.5) is 8.78 Å². The molecule has 0 radical (unpaired) electrons. The van der Waals surface area contributed by atoms with E-state index in [-0.39, 0.29) is 31.0 Å². The third-order valence-corrected chi connectivity index (χ3v) is 8.74. The Bertz CT molecular complexity index is 1290. The van der Waals surface area contributed by atoms with Crippen molar-refractivity contribution in [3.63, 3.8) is 0 Å². The summed E-state index contributed by atoms with van der Waals surface area (Å²) < 4.78 is 57.0. The van der Waals surface area contributed by atoms with Crippen molar-refractivity contribution in [3.05, 3.63) is 101 Å². The Morgan fingerprint density at radius 1 is 0.865 bits per heavy atom. The molecule has 1 aliphatic rings. The zero-order valence-corrected chi connectivity index (χ0v) is 21.7. The van der Waals surface area contributed by atoms with Crippen molar-refractivity contribution < 1.29 is 22.0 Å². The summed E-state index contributed by atoms with van der Waals surface area (Å²) in [5.41, 5.74) is 2.84. The fraction of sp³-hybridized carbons (Fsp3) is 0.345. The summed E-state index contributed by atoms with van der Waals surface area (Å²) >= 11 is 0. The normalized spacial score (nSPS) is 18.1. The number of rotatable bonds is 9. The largest absolute Gasteiger partial charge is 0.353 e. The van der Waals surface area contributed by atoms with Gasteiger partial charge in [0, 0.05) is 19.1 Å². The monoisotopic (exact) mass is 526 g/mol. The molecule has 196 valence electrons. The Hall–Kier alpha value is -3.10. The second-order valence-electron chi connectivity index (χ2n) is 9.78. The lowest BCUT2D eigenvalue weighted by atomic mass is 9.86. The van der Waals surface area contributed by atoms with Gasteiger partial charge >= 0.3 is 0 Å². The van der Waals surface area contributed by atoms with Crippen LogP contribution in [-0.2, 0) is 27.8 Å². The van der Waals surface area contributed by atoms with E-state index in [1.807, 2.05) is 37.3 Å². The van der Waals surface area contributed by atoms with Gasteiger partial charge in [-0.3, -0.25) is 4.79 Å². The number of nitrogens with zero attached hydrogens (tertiary/aromatic N) is 1. The molecule has 1 saturated carbocycles. The number of aryl methyl sites for hydroxylation is 1. The number of halogens is 2. The van der Waals surface area contributed by atoms with E-state index in [9.17, 15) is 22.0 Å². The Morgan fingerprint density at radius 2 is 1.49 bits per heavy atom. The summed E-state index contributed by atoms with van der Waals surface area (Å²) in [6.07, 6.45) is 3.17. The number of sulfonamides is 1. The minimum Gasteiger partial charge on any atom is -0.353 e. The van der Waals surface area contributed by atoms with Crippen LogP contribution in [-0.4, -0.2) is 31.2 Å². The lowest BCUT2D eigenvalue weighted by molar-refractivity contribution is -0.121. The second kappa shape index (κ2) is 12.0. The lowest BCUT2D eigenvalue weighted by Gasteiger charge is -2.33. The fourth-order valence-corrected chi connectivity index (χ4v) is 6.45. The average molecular weight is 527 g/mol. The summed E-state index contributed by atoms with van der Waals surface area (Å²) in [5.74, 6) is -2.22. The molecule has 3 aromatic carbocycles. The number of hydrogen-bond donors (Lipinski definition) is 1. The Kier molecular flexibility index (Phi) is 8.71. The summed E-state index contributed by atoms with van der Waals surface area (Å²) in [5, 5.41) is 3.10. The van der Waals surface area contributed by atoms with Crippen molar-refractivity contribution in [2.75, 3.05) is 6.54 Å². The quantitative estimate of drug-likeness (QED) is 0.407. The van der Waals surface area contributed by atoms with Gasteiger partial charge < -0.3 is 5.32 Å². The highest BCUT2D eigenvalue weighted by Crippen LogP contribution is 2.30. The molecule has 37 heavy (non-hydrogen) atoms. The van der Waals surface area contributed by atoms with Crippen LogP contribution >= 0.6 is 0 Å². The van der Waals surface area contributed by atoms with Gasteiger partial charge in [-0.05, 0) is 61.8 Å². The van der Waals surface area contributed by atoms with Gasteiger partial charge in [-0.15, -0.1) is 0 Å². The van der Waals surface area contributed by atoms with Gasteiger partial charge in [0.05, 0.1) is 6.42 Å². The highest BCUT2D eigenvalue weighted by atomic mass is 32.2. The first-order valence-corrected chi connectivity index (χ1v) is 14.0. The van der Waals surface area contributed by atoms with Gasteiger partial charge in [0.1, 0.15) is 11.6 Å². The van der Waals surface area contributed by atoms with Crippen molar-refractivity contribution in [1.29, 1.82) is 0 Å². The van der Waals surface area contributed by atoms with E-state index in [1.165, 1.54) is 4.31 Å². The molecule has 0 unspecified atom stereocenters. The number of hydrogen-bond acceptors (Lipinski definition) is 3. The summed E-state index contributed by atoms with van der Waals surface area (Å²) in [4.78, 5) is 11.6. The first-order chi connectivity index (χ1) is 17.7. The predicted molar refractivity (Wildman–Crippen MR) is 139 cm³/mol. The average Bonchev–Trinajstić information content (AvgIpc) is 2.86. The molecule has 0 heterocycles. The van der Waals surface area contributed by atoms with Crippen LogP contribution in [0.3, 0.4) is 0 Å². The molecule has 5 nitrogen and oxygen atoms in total. The first-order valence-electron chi connectivity index (χ1n) is 12.6. The van der Waals surface area contributed by atoms with E-state index in [1.54, 1.807) is 24.3 Å². The van der Waals surface area contributed by atoms with E-state index in [2.05, 4.69) is 5.32 Å². The summed E-state index contributed by atoms with van der Waals surface area (Å²) in [6, 6.07) is 20.0. The van der Waals surface area contributed by atoms with Gasteiger partial charge in [0.25, 0.3) is 0 Å². The Labute approximate surface area is 217 Å². The maximum Gasteiger partial charge on any atom is 0.249 e. The fourth-order valence-electron chi connectivity index (χ4n) is 4.84. The zero-order valence-electron chi connectivity index (χ0n) is 20.9. The van der Waals surface area contributed by atoms with E-state index in [0.717, 1.165) is 47.7 Å². The van der Waals surface area contributed by atoms with E-state index >= 15 is 0 Å². The zero-order chi connectivity index (χ0) is 26.4. The third kappa shape index (κ3) is 7.02. The minimum atomic E-state index is -4.42. The van der Waals surface area contributed by atoms with Gasteiger partial charge in [-0.1, -0.05) is 66.2 Å². The molecule has 3 aromatic rings. The molecule has 0 bridgehead atoms. The van der Waals surface area contributed by atoms with Gasteiger partial charge in [0.2, 0.25) is 15.9 Å². The molecule has 1 N–H and O–H groups in total. The Morgan fingerprint density at radius 3 is 2.11 bits per heavy atom. The predicted octanol–water partition coefficient (Wildman–Crippen LogP) is 5.38. The molecular formula is C29H32F2N2O3S. The molecular weight excluding hydrogens is 494 g/mol. The molecule has 1 fully saturated rings. The van der Waals surface area contributed by atoms with Crippen LogP contribution in [0.1, 0.15) is 42.4 Å². The highest BCUT2D eigenvalue weighted by Gasteiger charge is 2.34. The molecule has 0 aliphatic heterocycles. The molecule has 1 amide bonds. The van der Waals surface area contributed by atoms with E-state index in [4.69, 9.17) is 0 Å². The smallest absolute Gasteiger partial charge is 0.249 e. The maximum absolute atomic E-state index is 14.5. The highest BCUT2D eigenvalue weighted by molar-refractivity contribution is 7.89. The molecule has 0 saturated heterocycles. The summed E-state index contributed by atoms with van der Waals surface area (Å²) in [6.45, 7) is 2.17. The number of amides is 1. The van der Waals surface area contributed by atoms with Crippen LogP contribution in [0.5, 0.6) is 0 Å². The van der Waals surface area contributed by atoms with Crippen LogP contribution in [0.2, 0.25) is 0 Å². The standard InChI is InChI=1S/C29H32F2N2O3S/c1-21-10-12-22(13-11-21)18-28(34)32-25-16-14-24(15-17-25)20-33(19-23-6-3-2-4-7-23)37(35,36)29-26(30)8-5-9-27(29)31/h2-13,24-25H,14-20H2,1H3,(H,32,34). The van der Waals surface area contributed by atoms with Gasteiger partial charge in [-0.25, -0.2) is 17.2 Å². The number of carbonyl (C=O) groups is 1. The van der Waals surface area contributed by atoms with Crippen molar-refractivity contribution in [1.82, 2.24) is 9.62 Å². The van der Waals surface area contributed by atoms with Crippen LogP contribution in [0.25, 0.3) is 0 Å². The lowest BCUT2D eigenvalue weighted by Crippen LogP contribution is -2.41. The molecule has 0 atom stereocenters. The second-order valence-corrected chi connectivity index (χ2v) is 11.7. The molecule has 0 aromatic heterocycles. The van der Waals surface area contributed by atoms with Crippen LogP contribution in [0.15, 0.2) is 77.7 Å².